The van der Waals surface area contributed by atoms with Gasteiger partial charge in [0.05, 0.1) is 19.6 Å². The van der Waals surface area contributed by atoms with Crippen molar-refractivity contribution < 1.29 is 43.8 Å². The number of aromatic nitrogens is 1. The van der Waals surface area contributed by atoms with Crippen LogP contribution in [0.4, 0.5) is 0 Å². The van der Waals surface area contributed by atoms with Crippen molar-refractivity contribution in [2.75, 3.05) is 19.7 Å². The van der Waals surface area contributed by atoms with Crippen LogP contribution in [0.15, 0.2) is 35.5 Å². The first-order valence-electron chi connectivity index (χ1n) is 14.4. The maximum absolute atomic E-state index is 13.0. The van der Waals surface area contributed by atoms with Gasteiger partial charge in [-0.15, -0.1) is 0 Å². The number of hydrogen-bond donors (Lipinski definition) is 11. The summed E-state index contributed by atoms with van der Waals surface area (Å²) in [5.74, 6) is -6.86. The summed E-state index contributed by atoms with van der Waals surface area (Å²) in [5, 5.41) is 31.1. The largest absolute Gasteiger partial charge is 0.481 e. The van der Waals surface area contributed by atoms with Gasteiger partial charge >= 0.3 is 5.97 Å². The number of aliphatic hydroxyl groups is 1. The second-order valence-electron chi connectivity index (χ2n) is 10.4. The molecule has 0 fully saturated rings. The zero-order valence-electron chi connectivity index (χ0n) is 25.6. The molecule has 1 heterocycles. The molecule has 0 spiro atoms. The van der Waals surface area contributed by atoms with E-state index in [4.69, 9.17) is 17.2 Å². The summed E-state index contributed by atoms with van der Waals surface area (Å²) in [7, 11) is 0. The molecule has 1 aromatic carbocycles. The average Bonchev–Trinajstić information content (AvgIpc) is 3.41. The van der Waals surface area contributed by atoms with Gasteiger partial charge in [0.25, 0.3) is 0 Å². The lowest BCUT2D eigenvalue weighted by Gasteiger charge is -2.23. The molecule has 1 aromatic heterocycles. The van der Waals surface area contributed by atoms with Crippen LogP contribution in [0, 0.1) is 0 Å². The number of carboxylic acids is 1. The molecule has 0 aliphatic heterocycles. The van der Waals surface area contributed by atoms with Gasteiger partial charge in [0, 0.05) is 37.0 Å². The number of aromatic amines is 1. The number of carboxylic acid groups (broad SMARTS) is 1. The van der Waals surface area contributed by atoms with Crippen molar-refractivity contribution in [3.63, 3.8) is 0 Å². The van der Waals surface area contributed by atoms with Crippen molar-refractivity contribution in [2.45, 2.75) is 56.8 Å². The van der Waals surface area contributed by atoms with Crippen LogP contribution in [-0.2, 0) is 40.0 Å². The number of H-pyrrole nitrogens is 1. The van der Waals surface area contributed by atoms with E-state index in [2.05, 4.69) is 36.6 Å². The minimum atomic E-state index is -1.65. The highest BCUT2D eigenvalue weighted by Gasteiger charge is 2.29. The Kier molecular flexibility index (Phi) is 14.6. The molecule has 2 aromatic rings. The van der Waals surface area contributed by atoms with Crippen LogP contribution in [0.2, 0.25) is 0 Å². The topological polar surface area (TPSA) is 326 Å². The van der Waals surface area contributed by atoms with Crippen molar-refractivity contribution in [1.82, 2.24) is 31.6 Å². The maximum Gasteiger partial charge on any atom is 0.305 e. The second-order valence-corrected chi connectivity index (χ2v) is 10.4. The molecule has 6 amide bonds. The van der Waals surface area contributed by atoms with Gasteiger partial charge in [0.1, 0.15) is 24.2 Å². The standard InChI is InChI=1S/C28H40N10O9/c1-14(40)35-21(13-39)27(47)37-18(7-4-8-32-28(30)31)25(45)34-12-22(41)36-20(10-23(42)43)26(46)38-19(24(29)44)9-15-11-33-17-6-3-2-5-16(15)17/h2-3,5-6,11,18-21,33,39H,4,7-10,12-13H2,1H3,(H2,29,44)(H,34,45)(H,35,40)(H,36,41)(H,37,47)(H,38,46)(H,42,43)(H4,30,31,32)/t18-,19-,20-,21-/m0/s1. The first-order chi connectivity index (χ1) is 22.2. The number of nitrogens with two attached hydrogens (primary N) is 3. The molecular formula is C28H40N10O9. The smallest absolute Gasteiger partial charge is 0.305 e. The van der Waals surface area contributed by atoms with E-state index in [0.717, 1.165) is 17.8 Å². The molecule has 0 saturated heterocycles. The predicted molar refractivity (Wildman–Crippen MR) is 167 cm³/mol. The predicted octanol–water partition coefficient (Wildman–Crippen LogP) is -4.21. The molecule has 0 unspecified atom stereocenters. The molecule has 47 heavy (non-hydrogen) atoms. The quantitative estimate of drug-likeness (QED) is 0.0390. The Morgan fingerprint density at radius 2 is 1.53 bits per heavy atom. The molecular weight excluding hydrogens is 620 g/mol. The monoisotopic (exact) mass is 660 g/mol. The number of aliphatic imine (C=N–C) groups is 1. The highest BCUT2D eigenvalue weighted by molar-refractivity contribution is 5.96. The number of primary amides is 1. The van der Waals surface area contributed by atoms with E-state index in [-0.39, 0.29) is 31.8 Å². The summed E-state index contributed by atoms with van der Waals surface area (Å²) in [6, 6.07) is 1.67. The van der Waals surface area contributed by atoms with Gasteiger partial charge in [-0.25, -0.2) is 0 Å². The van der Waals surface area contributed by atoms with Crippen LogP contribution >= 0.6 is 0 Å². The summed E-state index contributed by atoms with van der Waals surface area (Å²) in [6.45, 7) is -0.284. The Morgan fingerprint density at radius 3 is 2.15 bits per heavy atom. The van der Waals surface area contributed by atoms with E-state index in [1.54, 1.807) is 18.3 Å². The van der Waals surface area contributed by atoms with Crippen LogP contribution in [0.1, 0.15) is 31.7 Å². The highest BCUT2D eigenvalue weighted by atomic mass is 16.4. The maximum atomic E-state index is 13.0. The fourth-order valence-electron chi connectivity index (χ4n) is 4.42. The van der Waals surface area contributed by atoms with Gasteiger partial charge < -0.3 is 59.0 Å². The Bertz CT molecular complexity index is 1490. The molecule has 0 aliphatic carbocycles. The van der Waals surface area contributed by atoms with Crippen LogP contribution in [0.25, 0.3) is 10.9 Å². The summed E-state index contributed by atoms with van der Waals surface area (Å²) >= 11 is 0. The van der Waals surface area contributed by atoms with E-state index >= 15 is 0 Å². The molecule has 14 N–H and O–H groups in total. The van der Waals surface area contributed by atoms with Crippen LogP contribution in [0.5, 0.6) is 0 Å². The fraction of sp³-hybridized carbons (Fsp3) is 0.429. The Morgan fingerprint density at radius 1 is 0.872 bits per heavy atom. The number of aliphatic hydroxyl groups excluding tert-OH is 1. The molecule has 0 radical (unpaired) electrons. The molecule has 4 atom stereocenters. The molecule has 0 bridgehead atoms. The molecule has 0 aliphatic rings. The molecule has 256 valence electrons. The van der Waals surface area contributed by atoms with E-state index in [0.29, 0.717) is 5.56 Å². The van der Waals surface area contributed by atoms with Crippen molar-refractivity contribution >= 4 is 58.3 Å². The number of amides is 6. The van der Waals surface area contributed by atoms with Crippen molar-refractivity contribution in [2.24, 2.45) is 22.2 Å². The van der Waals surface area contributed by atoms with Crippen molar-refractivity contribution in [3.8, 4) is 0 Å². The Balaban J connectivity index is 2.08. The normalized spacial score (nSPS) is 13.2. The summed E-state index contributed by atoms with van der Waals surface area (Å²) < 4.78 is 0. The zero-order valence-corrected chi connectivity index (χ0v) is 25.6. The average molecular weight is 661 g/mol. The number of aliphatic carboxylic acids is 1. The van der Waals surface area contributed by atoms with Crippen LogP contribution < -0.4 is 43.8 Å². The SMILES string of the molecule is CC(=O)N[C@@H](CO)C(=O)N[C@@H](CCCN=C(N)N)C(=O)NCC(=O)N[C@@H](CC(=O)O)C(=O)N[C@@H](Cc1c[nH]c2ccccc12)C(N)=O. The van der Waals surface area contributed by atoms with Crippen molar-refractivity contribution in [3.05, 3.63) is 36.0 Å². The van der Waals surface area contributed by atoms with Gasteiger partial charge in [-0.3, -0.25) is 38.6 Å². The summed E-state index contributed by atoms with van der Waals surface area (Å²) in [4.78, 5) is 93.1. The Hall–Kier alpha value is -5.72. The van der Waals surface area contributed by atoms with Gasteiger partial charge in [0.15, 0.2) is 5.96 Å². The molecule has 19 heteroatoms. The molecule has 0 saturated carbocycles. The third kappa shape index (κ3) is 12.7. The van der Waals surface area contributed by atoms with E-state index in [9.17, 15) is 43.8 Å². The molecule has 19 nitrogen and oxygen atoms in total. The van der Waals surface area contributed by atoms with Gasteiger partial charge in [-0.1, -0.05) is 18.2 Å². The first-order valence-corrected chi connectivity index (χ1v) is 14.4. The van der Waals surface area contributed by atoms with Crippen LogP contribution in [-0.4, -0.2) is 106 Å². The number of nitrogens with zero attached hydrogens (tertiary/aromatic N) is 1. The minimum Gasteiger partial charge on any atom is -0.481 e. The van der Waals surface area contributed by atoms with Crippen LogP contribution in [0.3, 0.4) is 0 Å². The number of rotatable bonds is 19. The minimum absolute atomic E-state index is 0.0236. The van der Waals surface area contributed by atoms with Gasteiger partial charge in [-0.05, 0) is 24.5 Å². The third-order valence-electron chi connectivity index (χ3n) is 6.67. The lowest BCUT2D eigenvalue weighted by molar-refractivity contribution is -0.141. The summed E-state index contributed by atoms with van der Waals surface area (Å²) in [5.41, 5.74) is 17.5. The van der Waals surface area contributed by atoms with Gasteiger partial charge in [0.2, 0.25) is 35.4 Å². The number of nitrogens with one attached hydrogen (secondary N) is 6. The number of fused-ring (bicyclic) bond motifs is 1. The number of guanidine groups is 1. The number of carbonyl (C=O) groups excluding carboxylic acids is 6. The number of carbonyl (C=O) groups is 7. The Labute approximate surface area is 268 Å². The second kappa shape index (κ2) is 18.3. The lowest BCUT2D eigenvalue weighted by Crippen LogP contribution is -2.57. The van der Waals surface area contributed by atoms with E-state index in [1.165, 1.54) is 0 Å². The van der Waals surface area contributed by atoms with Gasteiger partial charge in [-0.2, -0.15) is 0 Å². The number of para-hydroxylation sites is 1. The lowest BCUT2D eigenvalue weighted by atomic mass is 10.0. The number of benzene rings is 1. The molecule has 2 rings (SSSR count). The van der Waals surface area contributed by atoms with Crippen molar-refractivity contribution in [1.29, 1.82) is 0 Å². The zero-order chi connectivity index (χ0) is 35.1. The van der Waals surface area contributed by atoms with E-state index in [1.807, 2.05) is 12.1 Å². The first kappa shape index (κ1) is 37.5. The van der Waals surface area contributed by atoms with E-state index < -0.39 is 85.2 Å². The third-order valence-corrected chi connectivity index (χ3v) is 6.67. The number of hydrogen-bond acceptors (Lipinski definition) is 9. The summed E-state index contributed by atoms with van der Waals surface area (Å²) in [6.07, 6.45) is 0.936. The fourth-order valence-corrected chi connectivity index (χ4v) is 4.42. The highest BCUT2D eigenvalue weighted by Crippen LogP contribution is 2.19.